The smallest absolute Gasteiger partial charge is 0.143 e. The van der Waals surface area contributed by atoms with Gasteiger partial charge in [0.15, 0.2) is 0 Å². The van der Waals surface area contributed by atoms with Crippen molar-refractivity contribution in [3.63, 3.8) is 0 Å². The van der Waals surface area contributed by atoms with Crippen molar-refractivity contribution in [2.24, 2.45) is 4.99 Å². The van der Waals surface area contributed by atoms with Gasteiger partial charge in [-0.15, -0.1) is 0 Å². The van der Waals surface area contributed by atoms with Crippen LogP contribution < -0.4 is 4.90 Å². The Hall–Kier alpha value is -7.75. The summed E-state index contributed by atoms with van der Waals surface area (Å²) in [6.45, 7) is 0. The molecule has 0 fully saturated rings. The Morgan fingerprint density at radius 2 is 0.898 bits per heavy atom. The first-order valence-corrected chi connectivity index (χ1v) is 20.2. The number of benzene rings is 9. The Bertz CT molecular complexity index is 3130. The molecule has 3 nitrogen and oxygen atoms in total. The minimum Gasteiger partial charge on any atom is -0.455 e. The van der Waals surface area contributed by atoms with Crippen LogP contribution in [0.5, 0.6) is 0 Å². The van der Waals surface area contributed by atoms with E-state index in [4.69, 9.17) is 9.41 Å². The topological polar surface area (TPSA) is 28.7 Å². The van der Waals surface area contributed by atoms with Crippen LogP contribution in [0.3, 0.4) is 0 Å². The van der Waals surface area contributed by atoms with Crippen molar-refractivity contribution in [2.45, 2.75) is 6.42 Å². The Balaban J connectivity index is 0.961. The van der Waals surface area contributed by atoms with Crippen LogP contribution in [0.15, 0.2) is 228 Å². The summed E-state index contributed by atoms with van der Waals surface area (Å²) in [5.74, 6) is 0. The first-order valence-electron chi connectivity index (χ1n) is 20.2. The zero-order valence-corrected chi connectivity index (χ0v) is 32.3. The van der Waals surface area contributed by atoms with Crippen molar-refractivity contribution in [3.05, 3.63) is 230 Å². The molecule has 3 heteroatoms. The summed E-state index contributed by atoms with van der Waals surface area (Å²) in [5.41, 5.74) is 18.8. The van der Waals surface area contributed by atoms with Gasteiger partial charge in [0.25, 0.3) is 0 Å². The van der Waals surface area contributed by atoms with Gasteiger partial charge in [-0.2, -0.15) is 0 Å². The number of rotatable bonds is 8. The van der Waals surface area contributed by atoms with E-state index in [0.717, 1.165) is 73.5 Å². The Kier molecular flexibility index (Phi) is 8.56. The van der Waals surface area contributed by atoms with Gasteiger partial charge in [0, 0.05) is 34.4 Å². The molecular weight excluding hydrogens is 717 g/mol. The van der Waals surface area contributed by atoms with Gasteiger partial charge in [-0.05, 0) is 92.5 Å². The third-order valence-electron chi connectivity index (χ3n) is 11.5. The Morgan fingerprint density at radius 3 is 1.53 bits per heavy atom. The first-order chi connectivity index (χ1) is 29.2. The van der Waals surface area contributed by atoms with Crippen LogP contribution in [0.2, 0.25) is 0 Å². The average Bonchev–Trinajstić information content (AvgIpc) is 3.93. The lowest BCUT2D eigenvalue weighted by molar-refractivity contribution is 0.670. The largest absolute Gasteiger partial charge is 0.455 e. The van der Waals surface area contributed by atoms with Crippen LogP contribution in [0, 0.1) is 0 Å². The molecule has 0 atom stereocenters. The van der Waals surface area contributed by atoms with E-state index in [2.05, 4.69) is 217 Å². The molecule has 1 aliphatic rings. The van der Waals surface area contributed by atoms with Crippen LogP contribution in [0.4, 0.5) is 22.7 Å². The third-order valence-corrected chi connectivity index (χ3v) is 11.5. The van der Waals surface area contributed by atoms with Crippen LogP contribution in [0.1, 0.15) is 11.1 Å². The van der Waals surface area contributed by atoms with Gasteiger partial charge in [0.2, 0.25) is 0 Å². The molecule has 0 unspecified atom stereocenters. The summed E-state index contributed by atoms with van der Waals surface area (Å²) in [4.78, 5) is 7.52. The van der Waals surface area contributed by atoms with Gasteiger partial charge in [0.1, 0.15) is 11.2 Å². The van der Waals surface area contributed by atoms with Gasteiger partial charge in [-0.25, -0.2) is 0 Å². The predicted octanol–water partition coefficient (Wildman–Crippen LogP) is 15.4. The Labute approximate surface area is 343 Å². The van der Waals surface area contributed by atoms with Gasteiger partial charge in [0.05, 0.1) is 16.8 Å². The van der Waals surface area contributed by atoms with Gasteiger partial charge >= 0.3 is 0 Å². The van der Waals surface area contributed by atoms with Crippen LogP contribution in [-0.2, 0) is 6.42 Å². The highest BCUT2D eigenvalue weighted by Crippen LogP contribution is 2.45. The van der Waals surface area contributed by atoms with E-state index in [0.29, 0.717) is 0 Å². The van der Waals surface area contributed by atoms with Crippen molar-refractivity contribution in [2.75, 3.05) is 4.90 Å². The van der Waals surface area contributed by atoms with E-state index < -0.39 is 0 Å². The van der Waals surface area contributed by atoms with E-state index in [1.165, 1.54) is 38.9 Å². The van der Waals surface area contributed by atoms with E-state index >= 15 is 0 Å². The predicted molar refractivity (Wildman–Crippen MR) is 246 cm³/mol. The number of para-hydroxylation sites is 1. The quantitative estimate of drug-likeness (QED) is 0.155. The van der Waals surface area contributed by atoms with E-state index in [1.807, 2.05) is 6.07 Å². The van der Waals surface area contributed by atoms with Crippen molar-refractivity contribution in [1.29, 1.82) is 0 Å². The van der Waals surface area contributed by atoms with Crippen molar-refractivity contribution >= 4 is 50.4 Å². The average molecular weight is 755 g/mol. The minimum atomic E-state index is 0.818. The molecule has 1 aliphatic heterocycles. The Morgan fingerprint density at radius 1 is 0.390 bits per heavy atom. The highest BCUT2D eigenvalue weighted by molar-refractivity contribution is 6.18. The second-order valence-corrected chi connectivity index (χ2v) is 15.1. The van der Waals surface area contributed by atoms with Gasteiger partial charge in [-0.1, -0.05) is 176 Å². The minimum absolute atomic E-state index is 0.818. The van der Waals surface area contributed by atoms with Crippen LogP contribution in [-0.4, -0.2) is 5.71 Å². The fourth-order valence-electron chi connectivity index (χ4n) is 8.55. The van der Waals surface area contributed by atoms with Crippen molar-refractivity contribution in [3.8, 4) is 44.5 Å². The highest BCUT2D eigenvalue weighted by atomic mass is 16.3. The summed E-state index contributed by atoms with van der Waals surface area (Å²) < 4.78 is 6.67. The lowest BCUT2D eigenvalue weighted by atomic mass is 9.99. The van der Waals surface area contributed by atoms with Crippen molar-refractivity contribution in [1.82, 2.24) is 0 Å². The number of hydrogen-bond acceptors (Lipinski definition) is 3. The lowest BCUT2D eigenvalue weighted by Gasteiger charge is -2.26. The molecule has 10 aromatic rings. The molecule has 278 valence electrons. The first kappa shape index (κ1) is 34.5. The van der Waals surface area contributed by atoms with Gasteiger partial charge < -0.3 is 9.32 Å². The van der Waals surface area contributed by atoms with Gasteiger partial charge in [-0.3, -0.25) is 4.99 Å². The molecule has 9 aromatic carbocycles. The van der Waals surface area contributed by atoms with Crippen molar-refractivity contribution < 1.29 is 4.42 Å². The summed E-state index contributed by atoms with van der Waals surface area (Å²) in [6, 6.07) is 77.7. The number of fused-ring (bicyclic) bond motifs is 5. The highest BCUT2D eigenvalue weighted by Gasteiger charge is 2.23. The maximum Gasteiger partial charge on any atom is 0.143 e. The summed E-state index contributed by atoms with van der Waals surface area (Å²) in [7, 11) is 0. The zero-order chi connectivity index (χ0) is 39.1. The molecular formula is C56H38N2O. The number of aliphatic imine (C=N–C) groups is 1. The monoisotopic (exact) mass is 754 g/mol. The lowest BCUT2D eigenvalue weighted by Crippen LogP contribution is -2.10. The molecule has 0 spiro atoms. The number of hydrogen-bond donors (Lipinski definition) is 0. The molecule has 0 radical (unpaired) electrons. The zero-order valence-electron chi connectivity index (χ0n) is 32.3. The van der Waals surface area contributed by atoms with Crippen LogP contribution >= 0.6 is 0 Å². The molecule has 0 N–H and O–H groups in total. The number of anilines is 3. The van der Waals surface area contributed by atoms with E-state index in [1.54, 1.807) is 0 Å². The third kappa shape index (κ3) is 6.40. The molecule has 1 aromatic heterocycles. The summed E-state index contributed by atoms with van der Waals surface area (Å²) in [5, 5.41) is 2.17. The second-order valence-electron chi connectivity index (χ2n) is 15.1. The maximum absolute atomic E-state index is 6.67. The molecule has 11 rings (SSSR count). The molecule has 0 bridgehead atoms. The number of nitrogens with zero attached hydrogens (tertiary/aromatic N) is 2. The molecule has 59 heavy (non-hydrogen) atoms. The summed E-state index contributed by atoms with van der Waals surface area (Å²) >= 11 is 0. The molecule has 0 aliphatic carbocycles. The maximum atomic E-state index is 6.67. The fourth-order valence-corrected chi connectivity index (χ4v) is 8.55. The summed E-state index contributed by atoms with van der Waals surface area (Å²) in [6.07, 6.45) is 0.818. The molecule has 0 saturated carbocycles. The SMILES string of the molecule is c1ccc(C2=Nc3c(ccc4oc5c(-c6ccc(N(c7ccc(-c8ccc(-c9ccccc9)cc8)cc7)c7cccc(-c8ccccc8)c7)cc6)cccc5c34)C2)cc1. The fraction of sp³-hybridized carbons (Fsp3) is 0.0179. The second kappa shape index (κ2) is 14.6. The van der Waals surface area contributed by atoms with E-state index in [9.17, 15) is 0 Å². The molecule has 2 heterocycles. The molecule has 0 amide bonds. The normalized spacial score (nSPS) is 12.1. The van der Waals surface area contributed by atoms with Crippen LogP contribution in [0.25, 0.3) is 66.4 Å². The number of furan rings is 1. The van der Waals surface area contributed by atoms with E-state index in [-0.39, 0.29) is 0 Å². The standard InChI is InChI=1S/C56H38N2O/c1-4-12-38(13-5-1)40-22-24-41(25-23-40)42-26-31-47(32-27-42)58(49-19-10-18-45(36-49)39-14-6-2-7-15-39)48-33-28-43(29-34-48)50-20-11-21-51-54-53(59-56(50)51)35-30-46-37-52(57-55(46)54)44-16-8-3-9-17-44/h1-36H,37H2. The molecule has 0 saturated heterocycles.